The molecule has 2 aliphatic heterocycles. The molecule has 5 heteroatoms. The molecule has 2 heterocycles. The summed E-state index contributed by atoms with van der Waals surface area (Å²) in [5.41, 5.74) is -0.0613. The number of benzene rings is 1. The fourth-order valence-electron chi connectivity index (χ4n) is 3.35. The second kappa shape index (κ2) is 5.13. The van der Waals surface area contributed by atoms with Crippen molar-refractivity contribution < 1.29 is 18.3 Å². The van der Waals surface area contributed by atoms with Gasteiger partial charge >= 0.3 is 5.97 Å². The van der Waals surface area contributed by atoms with Gasteiger partial charge in [0.1, 0.15) is 17.7 Å². The Labute approximate surface area is 116 Å². The van der Waals surface area contributed by atoms with Crippen LogP contribution in [0.15, 0.2) is 18.2 Å². The summed E-state index contributed by atoms with van der Waals surface area (Å²) in [7, 11) is 2.10. The highest BCUT2D eigenvalue weighted by Gasteiger charge is 2.39. The topological polar surface area (TPSA) is 29.5 Å². The van der Waals surface area contributed by atoms with E-state index in [1.807, 2.05) is 0 Å². The van der Waals surface area contributed by atoms with Crippen LogP contribution in [-0.2, 0) is 4.74 Å². The molecular formula is C15H17F2NO2. The summed E-state index contributed by atoms with van der Waals surface area (Å²) in [6.45, 7) is 0. The average molecular weight is 281 g/mol. The average Bonchev–Trinajstić information content (AvgIpc) is 2.61. The van der Waals surface area contributed by atoms with E-state index in [0.717, 1.165) is 43.9 Å². The van der Waals surface area contributed by atoms with E-state index >= 15 is 0 Å². The largest absolute Gasteiger partial charge is 0.459 e. The smallest absolute Gasteiger partial charge is 0.338 e. The second-order valence-corrected chi connectivity index (χ2v) is 5.71. The molecular weight excluding hydrogens is 264 g/mol. The van der Waals surface area contributed by atoms with Crippen molar-refractivity contribution in [1.82, 2.24) is 4.90 Å². The van der Waals surface area contributed by atoms with E-state index in [4.69, 9.17) is 4.74 Å². The van der Waals surface area contributed by atoms with Gasteiger partial charge in [0.05, 0.1) is 5.56 Å². The lowest BCUT2D eigenvalue weighted by molar-refractivity contribution is -0.000533. The van der Waals surface area contributed by atoms with E-state index in [2.05, 4.69) is 11.9 Å². The van der Waals surface area contributed by atoms with Crippen LogP contribution < -0.4 is 0 Å². The van der Waals surface area contributed by atoms with Crippen LogP contribution >= 0.6 is 0 Å². The molecule has 20 heavy (non-hydrogen) atoms. The molecule has 1 aromatic carbocycles. The molecule has 1 aromatic rings. The molecule has 2 bridgehead atoms. The number of fused-ring (bicyclic) bond motifs is 2. The van der Waals surface area contributed by atoms with Crippen LogP contribution in [0.3, 0.4) is 0 Å². The van der Waals surface area contributed by atoms with Crippen LogP contribution in [0.25, 0.3) is 0 Å². The molecule has 0 spiro atoms. The first kappa shape index (κ1) is 13.5. The highest BCUT2D eigenvalue weighted by atomic mass is 19.1. The van der Waals surface area contributed by atoms with Crippen molar-refractivity contribution in [3.05, 3.63) is 35.4 Å². The van der Waals surface area contributed by atoms with Gasteiger partial charge in [-0.05, 0) is 32.0 Å². The van der Waals surface area contributed by atoms with Gasteiger partial charge in [-0.25, -0.2) is 13.6 Å². The van der Waals surface area contributed by atoms with Gasteiger partial charge < -0.3 is 9.64 Å². The third kappa shape index (κ3) is 2.54. The Morgan fingerprint density at radius 3 is 2.25 bits per heavy atom. The lowest BCUT2D eigenvalue weighted by Gasteiger charge is -2.35. The predicted molar refractivity (Wildman–Crippen MR) is 69.4 cm³/mol. The number of ether oxygens (including phenoxy) is 1. The van der Waals surface area contributed by atoms with Crippen LogP contribution in [-0.4, -0.2) is 36.1 Å². The number of nitrogens with zero attached hydrogens (tertiary/aromatic N) is 1. The lowest BCUT2D eigenvalue weighted by atomic mass is 10.0. The molecule has 108 valence electrons. The first-order valence-electron chi connectivity index (χ1n) is 6.92. The summed E-state index contributed by atoms with van der Waals surface area (Å²) in [4.78, 5) is 14.3. The molecule has 2 saturated heterocycles. The minimum absolute atomic E-state index is 0.0613. The number of carbonyl (C=O) groups excluding carboxylic acids is 1. The van der Waals surface area contributed by atoms with Gasteiger partial charge in [0.25, 0.3) is 0 Å². The fraction of sp³-hybridized carbons (Fsp3) is 0.533. The molecule has 0 unspecified atom stereocenters. The Kier molecular flexibility index (Phi) is 3.46. The van der Waals surface area contributed by atoms with Crippen LogP contribution in [0.5, 0.6) is 0 Å². The molecule has 3 rings (SSSR count). The van der Waals surface area contributed by atoms with Crippen molar-refractivity contribution in [3.63, 3.8) is 0 Å². The van der Waals surface area contributed by atoms with E-state index in [1.165, 1.54) is 0 Å². The molecule has 0 radical (unpaired) electrons. The summed E-state index contributed by atoms with van der Waals surface area (Å²) < 4.78 is 31.6. The highest BCUT2D eigenvalue weighted by Crippen LogP contribution is 2.35. The van der Waals surface area contributed by atoms with E-state index < -0.39 is 17.6 Å². The molecule has 0 aliphatic carbocycles. The normalized spacial score (nSPS) is 29.4. The number of carbonyl (C=O) groups is 1. The number of halogens is 2. The zero-order chi connectivity index (χ0) is 14.3. The zero-order valence-corrected chi connectivity index (χ0v) is 11.3. The Bertz CT molecular complexity index is 500. The van der Waals surface area contributed by atoms with Crippen molar-refractivity contribution in [2.24, 2.45) is 0 Å². The maximum atomic E-state index is 13.1. The summed E-state index contributed by atoms with van der Waals surface area (Å²) in [6.07, 6.45) is 3.71. The maximum Gasteiger partial charge on any atom is 0.338 e. The summed E-state index contributed by atoms with van der Waals surface area (Å²) in [6, 6.07) is 3.67. The first-order valence-corrected chi connectivity index (χ1v) is 6.92. The standard InChI is InChI=1S/C15H17F2NO2/c1-18-12-2-3-13(18)8-14(7-12)20-15(19)9-4-10(16)6-11(17)5-9/h4-6,12-14H,2-3,7-8H2,1H3/t12-,13+,14+. The number of hydrogen-bond acceptors (Lipinski definition) is 3. The Balaban J connectivity index is 1.67. The highest BCUT2D eigenvalue weighted by molar-refractivity contribution is 5.89. The minimum atomic E-state index is -0.764. The Morgan fingerprint density at radius 2 is 1.70 bits per heavy atom. The molecule has 2 fully saturated rings. The minimum Gasteiger partial charge on any atom is -0.459 e. The van der Waals surface area contributed by atoms with Crippen molar-refractivity contribution in [2.75, 3.05) is 7.05 Å². The van der Waals surface area contributed by atoms with Crippen molar-refractivity contribution >= 4 is 5.97 Å². The second-order valence-electron chi connectivity index (χ2n) is 5.71. The number of piperidine rings is 1. The molecule has 0 saturated carbocycles. The summed E-state index contributed by atoms with van der Waals surface area (Å²) in [5, 5.41) is 0. The maximum absolute atomic E-state index is 13.1. The third-order valence-corrected chi connectivity index (χ3v) is 4.43. The van der Waals surface area contributed by atoms with Gasteiger partial charge in [-0.3, -0.25) is 0 Å². The molecule has 3 nitrogen and oxygen atoms in total. The molecule has 3 atom stereocenters. The van der Waals surface area contributed by atoms with Crippen molar-refractivity contribution in [3.8, 4) is 0 Å². The Hall–Kier alpha value is -1.49. The van der Waals surface area contributed by atoms with Gasteiger partial charge in [0.15, 0.2) is 0 Å². The quantitative estimate of drug-likeness (QED) is 0.781. The molecule has 0 aromatic heterocycles. The van der Waals surface area contributed by atoms with Gasteiger partial charge in [-0.2, -0.15) is 0 Å². The van der Waals surface area contributed by atoms with Gasteiger partial charge in [0.2, 0.25) is 0 Å². The van der Waals surface area contributed by atoms with Crippen LogP contribution in [0.1, 0.15) is 36.0 Å². The summed E-state index contributed by atoms with van der Waals surface area (Å²) in [5.74, 6) is -2.17. The molecule has 0 N–H and O–H groups in total. The molecule has 2 aliphatic rings. The monoisotopic (exact) mass is 281 g/mol. The zero-order valence-electron chi connectivity index (χ0n) is 11.3. The van der Waals surface area contributed by atoms with Gasteiger partial charge in [-0.1, -0.05) is 0 Å². The van der Waals surface area contributed by atoms with E-state index in [9.17, 15) is 13.6 Å². The Morgan fingerprint density at radius 1 is 1.15 bits per heavy atom. The van der Waals surface area contributed by atoms with Gasteiger partial charge in [-0.15, -0.1) is 0 Å². The lowest BCUT2D eigenvalue weighted by Crippen LogP contribution is -2.43. The SMILES string of the molecule is CN1[C@@H]2CC[C@H]1C[C@@H](OC(=O)c1cc(F)cc(F)c1)C2. The third-order valence-electron chi connectivity index (χ3n) is 4.43. The number of rotatable bonds is 2. The van der Waals surface area contributed by atoms with Crippen LogP contribution in [0, 0.1) is 11.6 Å². The van der Waals surface area contributed by atoms with Crippen LogP contribution in [0.4, 0.5) is 8.78 Å². The van der Waals surface area contributed by atoms with E-state index in [-0.39, 0.29) is 11.7 Å². The van der Waals surface area contributed by atoms with E-state index in [1.54, 1.807) is 0 Å². The van der Waals surface area contributed by atoms with Gasteiger partial charge in [0, 0.05) is 31.0 Å². The number of esters is 1. The fourth-order valence-corrected chi connectivity index (χ4v) is 3.35. The predicted octanol–water partition coefficient (Wildman–Crippen LogP) is 2.75. The summed E-state index contributed by atoms with van der Waals surface area (Å²) >= 11 is 0. The van der Waals surface area contributed by atoms with Crippen molar-refractivity contribution in [1.29, 1.82) is 0 Å². The van der Waals surface area contributed by atoms with E-state index in [0.29, 0.717) is 12.1 Å². The van der Waals surface area contributed by atoms with Crippen molar-refractivity contribution in [2.45, 2.75) is 43.9 Å². The van der Waals surface area contributed by atoms with Crippen LogP contribution in [0.2, 0.25) is 0 Å². The first-order chi connectivity index (χ1) is 9.52. The number of hydrogen-bond donors (Lipinski definition) is 0. The molecule has 0 amide bonds.